The number of carbonyl (C=O) groups excluding carboxylic acids is 2. The number of hydrogen-bond acceptors (Lipinski definition) is 4. The highest BCUT2D eigenvalue weighted by molar-refractivity contribution is 6.35. The highest BCUT2D eigenvalue weighted by Gasteiger charge is 2.18. The normalized spacial score (nSPS) is 10.1. The summed E-state index contributed by atoms with van der Waals surface area (Å²) in [5.74, 6) is -1.13. The molecule has 0 radical (unpaired) electrons. The summed E-state index contributed by atoms with van der Waals surface area (Å²) >= 11 is 11.7. The largest absolute Gasteiger partial charge is 0.452 e. The average molecular weight is 391 g/mol. The van der Waals surface area contributed by atoms with E-state index >= 15 is 0 Å². The number of aryl methyl sites for hydroxylation is 1. The van der Waals surface area contributed by atoms with Crippen molar-refractivity contribution < 1.29 is 14.3 Å². The molecule has 7 heteroatoms. The molecule has 0 heterocycles. The number of nitriles is 1. The van der Waals surface area contributed by atoms with E-state index < -0.39 is 18.5 Å². The number of benzene rings is 2. The van der Waals surface area contributed by atoms with Gasteiger partial charge >= 0.3 is 5.97 Å². The van der Waals surface area contributed by atoms with Gasteiger partial charge in [0.1, 0.15) is 0 Å². The molecule has 0 unspecified atom stereocenters. The molecule has 0 N–H and O–H groups in total. The molecular weight excluding hydrogens is 375 g/mol. The topological polar surface area (TPSA) is 70.4 Å². The third kappa shape index (κ3) is 5.48. The maximum absolute atomic E-state index is 12.5. The van der Waals surface area contributed by atoms with Crippen LogP contribution in [0.4, 0.5) is 5.69 Å². The minimum absolute atomic E-state index is 0.161. The average Bonchev–Trinajstić information content (AvgIpc) is 2.60. The van der Waals surface area contributed by atoms with E-state index in [1.165, 1.54) is 23.1 Å². The summed E-state index contributed by atoms with van der Waals surface area (Å²) in [5.41, 5.74) is 1.85. The van der Waals surface area contributed by atoms with E-state index in [0.717, 1.165) is 5.56 Å². The summed E-state index contributed by atoms with van der Waals surface area (Å²) in [4.78, 5) is 26.0. The molecule has 0 bridgehead atoms. The van der Waals surface area contributed by atoms with Crippen LogP contribution in [0.1, 0.15) is 22.3 Å². The van der Waals surface area contributed by atoms with E-state index in [9.17, 15) is 9.59 Å². The van der Waals surface area contributed by atoms with Gasteiger partial charge in [0.15, 0.2) is 6.61 Å². The van der Waals surface area contributed by atoms with E-state index in [1.807, 2.05) is 25.1 Å². The fourth-order valence-corrected chi connectivity index (χ4v) is 2.77. The molecule has 2 aromatic rings. The molecule has 2 rings (SSSR count). The Morgan fingerprint density at radius 2 is 1.73 bits per heavy atom. The van der Waals surface area contributed by atoms with Crippen LogP contribution in [-0.2, 0) is 9.53 Å². The first-order valence-electron chi connectivity index (χ1n) is 7.78. The molecule has 0 aliphatic rings. The summed E-state index contributed by atoms with van der Waals surface area (Å²) in [6, 6.07) is 13.6. The van der Waals surface area contributed by atoms with E-state index in [1.54, 1.807) is 12.1 Å². The second-order valence-corrected chi connectivity index (χ2v) is 6.40. The maximum atomic E-state index is 12.5. The number of esters is 1. The van der Waals surface area contributed by atoms with Crippen LogP contribution in [-0.4, -0.2) is 25.0 Å². The van der Waals surface area contributed by atoms with E-state index in [-0.39, 0.29) is 18.5 Å². The smallest absolute Gasteiger partial charge is 0.338 e. The Bertz CT molecular complexity index is 825. The molecule has 5 nitrogen and oxygen atoms in total. The minimum Gasteiger partial charge on any atom is -0.452 e. The van der Waals surface area contributed by atoms with E-state index in [2.05, 4.69) is 0 Å². The number of ether oxygens (including phenoxy) is 1. The molecule has 134 valence electrons. The summed E-state index contributed by atoms with van der Waals surface area (Å²) in [5, 5.41) is 9.40. The molecule has 0 aromatic heterocycles. The fraction of sp³-hybridized carbons (Fsp3) is 0.211. The van der Waals surface area contributed by atoms with Gasteiger partial charge in [-0.3, -0.25) is 4.79 Å². The van der Waals surface area contributed by atoms with Gasteiger partial charge in [-0.05, 0) is 37.3 Å². The highest BCUT2D eigenvalue weighted by atomic mass is 35.5. The van der Waals surface area contributed by atoms with Crippen LogP contribution in [0.3, 0.4) is 0 Å². The Hall–Kier alpha value is -2.55. The maximum Gasteiger partial charge on any atom is 0.338 e. The SMILES string of the molecule is Cc1ccc(N(CCC#N)C(=O)COC(=O)c2cc(Cl)cc(Cl)c2)cc1. The number of hydrogen-bond donors (Lipinski definition) is 0. The van der Waals surface area contributed by atoms with Gasteiger partial charge < -0.3 is 9.64 Å². The zero-order valence-corrected chi connectivity index (χ0v) is 15.5. The van der Waals surface area contributed by atoms with Crippen molar-refractivity contribution in [1.82, 2.24) is 0 Å². The summed E-state index contributed by atoms with van der Waals surface area (Å²) in [7, 11) is 0. The zero-order chi connectivity index (χ0) is 19.1. The van der Waals surface area contributed by atoms with Gasteiger partial charge in [0.05, 0.1) is 18.1 Å². The van der Waals surface area contributed by atoms with E-state index in [4.69, 9.17) is 33.2 Å². The van der Waals surface area contributed by atoms with Crippen molar-refractivity contribution in [2.24, 2.45) is 0 Å². The Balaban J connectivity index is 2.07. The van der Waals surface area contributed by atoms with Gasteiger partial charge in [-0.25, -0.2) is 4.79 Å². The molecule has 0 saturated carbocycles. The van der Waals surface area contributed by atoms with E-state index in [0.29, 0.717) is 15.7 Å². The van der Waals surface area contributed by atoms with Gasteiger partial charge in [0.25, 0.3) is 5.91 Å². The molecule has 0 atom stereocenters. The molecule has 1 amide bonds. The number of rotatable bonds is 6. The lowest BCUT2D eigenvalue weighted by atomic mass is 10.2. The van der Waals surface area contributed by atoms with Crippen molar-refractivity contribution in [3.63, 3.8) is 0 Å². The quantitative estimate of drug-likeness (QED) is 0.685. The van der Waals surface area contributed by atoms with Crippen LogP contribution in [0.5, 0.6) is 0 Å². The molecule has 0 fully saturated rings. The van der Waals surface area contributed by atoms with Gasteiger partial charge in [0, 0.05) is 22.3 Å². The molecule has 2 aromatic carbocycles. The summed E-state index contributed by atoms with van der Waals surface area (Å²) in [6.07, 6.45) is 0.164. The van der Waals surface area contributed by atoms with Crippen LogP contribution in [0.2, 0.25) is 10.0 Å². The lowest BCUT2D eigenvalue weighted by Gasteiger charge is -2.21. The minimum atomic E-state index is -0.702. The van der Waals surface area contributed by atoms with Crippen LogP contribution in [0.25, 0.3) is 0 Å². The lowest BCUT2D eigenvalue weighted by molar-refractivity contribution is -0.121. The molecule has 0 aliphatic heterocycles. The fourth-order valence-electron chi connectivity index (χ4n) is 2.24. The third-order valence-electron chi connectivity index (χ3n) is 3.52. The van der Waals surface area contributed by atoms with Crippen LogP contribution in [0, 0.1) is 18.3 Å². The Morgan fingerprint density at radius 3 is 2.31 bits per heavy atom. The highest BCUT2D eigenvalue weighted by Crippen LogP contribution is 2.20. The molecule has 0 aliphatic carbocycles. The molecule has 0 saturated heterocycles. The van der Waals surface area contributed by atoms with Crippen molar-refractivity contribution in [2.45, 2.75) is 13.3 Å². The number of amides is 1. The van der Waals surface area contributed by atoms with Gasteiger partial charge in [-0.1, -0.05) is 40.9 Å². The second kappa shape index (κ2) is 9.23. The molecule has 26 heavy (non-hydrogen) atoms. The predicted molar refractivity (Wildman–Crippen MR) is 101 cm³/mol. The Labute approximate surface area is 161 Å². The Morgan fingerprint density at radius 1 is 1.12 bits per heavy atom. The van der Waals surface area contributed by atoms with Gasteiger partial charge in [0.2, 0.25) is 0 Å². The van der Waals surface area contributed by atoms with Gasteiger partial charge in [-0.15, -0.1) is 0 Å². The Kier molecular flexibility index (Phi) is 7.02. The predicted octanol–water partition coefficient (Wildman–Crippen LogP) is 4.41. The summed E-state index contributed by atoms with van der Waals surface area (Å²) < 4.78 is 5.08. The van der Waals surface area contributed by atoms with Crippen molar-refractivity contribution in [2.75, 3.05) is 18.1 Å². The first-order valence-corrected chi connectivity index (χ1v) is 8.53. The number of anilines is 1. The molecule has 0 spiro atoms. The van der Waals surface area contributed by atoms with Crippen molar-refractivity contribution >= 4 is 40.8 Å². The lowest BCUT2D eigenvalue weighted by Crippen LogP contribution is -2.35. The zero-order valence-electron chi connectivity index (χ0n) is 14.0. The second-order valence-electron chi connectivity index (χ2n) is 5.52. The van der Waals surface area contributed by atoms with Crippen molar-refractivity contribution in [1.29, 1.82) is 5.26 Å². The number of halogens is 2. The van der Waals surface area contributed by atoms with Crippen molar-refractivity contribution in [3.05, 3.63) is 63.6 Å². The van der Waals surface area contributed by atoms with Crippen molar-refractivity contribution in [3.8, 4) is 6.07 Å². The van der Waals surface area contributed by atoms with Crippen LogP contribution < -0.4 is 4.90 Å². The molecular formula is C19H16Cl2N2O3. The monoisotopic (exact) mass is 390 g/mol. The first-order chi connectivity index (χ1) is 12.4. The third-order valence-corrected chi connectivity index (χ3v) is 3.96. The number of carbonyl (C=O) groups is 2. The number of nitrogens with zero attached hydrogens (tertiary/aromatic N) is 2. The summed E-state index contributed by atoms with van der Waals surface area (Å²) in [6.45, 7) is 1.68. The van der Waals surface area contributed by atoms with Crippen LogP contribution in [0.15, 0.2) is 42.5 Å². The van der Waals surface area contributed by atoms with Gasteiger partial charge in [-0.2, -0.15) is 5.26 Å². The first kappa shape index (κ1) is 19.8. The standard InChI is InChI=1S/C19H16Cl2N2O3/c1-13-3-5-17(6-4-13)23(8-2-7-22)18(24)12-26-19(25)14-9-15(20)11-16(21)10-14/h3-6,9-11H,2,8,12H2,1H3. The van der Waals surface area contributed by atoms with Crippen LogP contribution >= 0.6 is 23.2 Å².